The summed E-state index contributed by atoms with van der Waals surface area (Å²) in [4.78, 5) is 42.1. The molecule has 0 aliphatic heterocycles. The number of aromatic nitrogens is 3. The number of halogens is 2. The molecule has 0 aliphatic carbocycles. The maximum absolute atomic E-state index is 12.7. The van der Waals surface area contributed by atoms with Gasteiger partial charge in [0.05, 0.1) is 12.1 Å². The molecule has 7 nitrogen and oxygen atoms in total. The number of pyridine rings is 1. The molecular weight excluding hydrogens is 499 g/mol. The van der Waals surface area contributed by atoms with Crippen LogP contribution in [0, 0.1) is 18.8 Å². The molecule has 1 amide bonds. The van der Waals surface area contributed by atoms with Gasteiger partial charge in [-0.2, -0.15) is 0 Å². The number of nitrogens with one attached hydrogen (secondary N) is 1. The first-order valence-electron chi connectivity index (χ1n) is 11.1. The highest BCUT2D eigenvalue weighted by molar-refractivity contribution is 6.32. The average Bonchev–Trinajstić information content (AvgIpc) is 2.87. The number of nitrogens with zero attached hydrogens (tertiary/aromatic N) is 3. The summed E-state index contributed by atoms with van der Waals surface area (Å²) < 4.78 is 2.04. The van der Waals surface area contributed by atoms with E-state index in [1.807, 2.05) is 43.3 Å². The molecule has 9 heteroatoms. The van der Waals surface area contributed by atoms with Crippen LogP contribution in [0.25, 0.3) is 10.9 Å². The SMILES string of the molecule is Cc1ccc(CCC(=O)Nc2c(Cl)n(CC#Cc3ccc4nc(Cl)ccc4c3)c(=O)n(C)c2=O)cc1. The molecule has 0 fully saturated rings. The molecule has 0 aliphatic rings. The summed E-state index contributed by atoms with van der Waals surface area (Å²) in [6.45, 7) is 1.91. The third-order valence-electron chi connectivity index (χ3n) is 5.63. The maximum atomic E-state index is 12.7. The number of benzene rings is 2. The van der Waals surface area contributed by atoms with Crippen molar-refractivity contribution in [2.24, 2.45) is 7.05 Å². The molecule has 0 radical (unpaired) electrons. The molecule has 0 saturated heterocycles. The summed E-state index contributed by atoms with van der Waals surface area (Å²) >= 11 is 12.3. The lowest BCUT2D eigenvalue weighted by atomic mass is 10.1. The van der Waals surface area contributed by atoms with E-state index in [2.05, 4.69) is 22.1 Å². The number of carbonyl (C=O) groups excluding carboxylic acids is 1. The van der Waals surface area contributed by atoms with Crippen LogP contribution in [0.1, 0.15) is 23.1 Å². The lowest BCUT2D eigenvalue weighted by molar-refractivity contribution is -0.116. The summed E-state index contributed by atoms with van der Waals surface area (Å²) in [6, 6.07) is 16.9. The zero-order chi connectivity index (χ0) is 25.8. The number of hydrogen-bond acceptors (Lipinski definition) is 4. The van der Waals surface area contributed by atoms with E-state index in [4.69, 9.17) is 23.2 Å². The fraction of sp³-hybridized carbons (Fsp3) is 0.185. The van der Waals surface area contributed by atoms with Gasteiger partial charge in [-0.25, -0.2) is 9.78 Å². The van der Waals surface area contributed by atoms with Gasteiger partial charge in [0.2, 0.25) is 5.91 Å². The molecule has 36 heavy (non-hydrogen) atoms. The molecule has 182 valence electrons. The number of fused-ring (bicyclic) bond motifs is 1. The second kappa shape index (κ2) is 10.8. The molecule has 2 aromatic carbocycles. The molecule has 2 aromatic heterocycles. The second-order valence-electron chi connectivity index (χ2n) is 8.28. The normalized spacial score (nSPS) is 10.7. The van der Waals surface area contributed by atoms with Crippen molar-refractivity contribution < 1.29 is 4.79 Å². The lowest BCUT2D eigenvalue weighted by Gasteiger charge is -2.13. The first kappa shape index (κ1) is 25.2. The Bertz CT molecular complexity index is 1640. The van der Waals surface area contributed by atoms with Crippen LogP contribution in [0.4, 0.5) is 5.69 Å². The largest absolute Gasteiger partial charge is 0.332 e. The smallest absolute Gasteiger partial charge is 0.319 e. The highest BCUT2D eigenvalue weighted by Crippen LogP contribution is 2.18. The zero-order valence-corrected chi connectivity index (χ0v) is 21.2. The average molecular weight is 521 g/mol. The Morgan fingerprint density at radius 3 is 2.56 bits per heavy atom. The van der Waals surface area contributed by atoms with Crippen LogP contribution in [0.2, 0.25) is 10.3 Å². The van der Waals surface area contributed by atoms with Gasteiger partial charge in [0.1, 0.15) is 16.0 Å². The van der Waals surface area contributed by atoms with E-state index >= 15 is 0 Å². The Kier molecular flexibility index (Phi) is 7.58. The predicted molar refractivity (Wildman–Crippen MR) is 143 cm³/mol. The standard InChI is InChI=1S/C27H22Cl2N4O3/c1-17-5-7-18(8-6-17)10-14-23(34)31-24-25(29)33(27(36)32(2)26(24)35)15-3-4-19-9-12-21-20(16-19)11-13-22(28)30-21/h5-9,11-13,16H,10,14-15H2,1-2H3,(H,31,34). The minimum atomic E-state index is -0.682. The minimum Gasteiger partial charge on any atom is -0.319 e. The van der Waals surface area contributed by atoms with E-state index in [0.29, 0.717) is 17.1 Å². The highest BCUT2D eigenvalue weighted by atomic mass is 35.5. The zero-order valence-electron chi connectivity index (χ0n) is 19.6. The van der Waals surface area contributed by atoms with E-state index < -0.39 is 11.2 Å². The highest BCUT2D eigenvalue weighted by Gasteiger charge is 2.17. The summed E-state index contributed by atoms with van der Waals surface area (Å²) in [7, 11) is 1.33. The van der Waals surface area contributed by atoms with Crippen molar-refractivity contribution in [3.05, 3.63) is 102 Å². The summed E-state index contributed by atoms with van der Waals surface area (Å²) in [5.74, 6) is 5.52. The lowest BCUT2D eigenvalue weighted by Crippen LogP contribution is -2.40. The van der Waals surface area contributed by atoms with E-state index in [1.165, 1.54) is 7.05 Å². The molecule has 1 N–H and O–H groups in total. The number of carbonyl (C=O) groups is 1. The maximum Gasteiger partial charge on any atom is 0.332 e. The Labute approximate surface area is 217 Å². The van der Waals surface area contributed by atoms with Crippen LogP contribution < -0.4 is 16.6 Å². The molecule has 0 unspecified atom stereocenters. The monoisotopic (exact) mass is 520 g/mol. The first-order chi connectivity index (χ1) is 17.2. The van der Waals surface area contributed by atoms with Crippen molar-refractivity contribution in [2.45, 2.75) is 26.3 Å². The molecule has 4 aromatic rings. The molecule has 2 heterocycles. The topological polar surface area (TPSA) is 86.0 Å². The van der Waals surface area contributed by atoms with E-state index in [9.17, 15) is 14.4 Å². The number of amides is 1. The van der Waals surface area contributed by atoms with E-state index in [-0.39, 0.29) is 29.7 Å². The summed E-state index contributed by atoms with van der Waals surface area (Å²) in [5.41, 5.74) is 2.13. The van der Waals surface area contributed by atoms with Crippen molar-refractivity contribution in [1.29, 1.82) is 0 Å². The van der Waals surface area contributed by atoms with Gasteiger partial charge in [-0.05, 0) is 49.2 Å². The van der Waals surface area contributed by atoms with Gasteiger partial charge in [0.15, 0.2) is 0 Å². The summed E-state index contributed by atoms with van der Waals surface area (Å²) in [5, 5.41) is 3.68. The van der Waals surface area contributed by atoms with Crippen LogP contribution in [0.15, 0.2) is 64.2 Å². The fourth-order valence-electron chi connectivity index (χ4n) is 3.60. The minimum absolute atomic E-state index is 0.0745. The number of hydrogen-bond donors (Lipinski definition) is 1. The van der Waals surface area contributed by atoms with Crippen molar-refractivity contribution in [1.82, 2.24) is 14.1 Å². The Hall–Kier alpha value is -3.86. The van der Waals surface area contributed by atoms with Crippen LogP contribution in [0.5, 0.6) is 0 Å². The summed E-state index contributed by atoms with van der Waals surface area (Å²) in [6.07, 6.45) is 0.659. The van der Waals surface area contributed by atoms with Gasteiger partial charge in [-0.15, -0.1) is 0 Å². The quantitative estimate of drug-likeness (QED) is 0.241. The Morgan fingerprint density at radius 2 is 1.81 bits per heavy atom. The second-order valence-corrected chi connectivity index (χ2v) is 9.02. The number of anilines is 1. The van der Waals surface area contributed by atoms with Crippen molar-refractivity contribution in [3.63, 3.8) is 0 Å². The van der Waals surface area contributed by atoms with Crippen LogP contribution in [-0.4, -0.2) is 20.0 Å². The third kappa shape index (κ3) is 5.68. The van der Waals surface area contributed by atoms with Gasteiger partial charge in [0.25, 0.3) is 5.56 Å². The molecule has 4 rings (SSSR count). The molecule has 0 bridgehead atoms. The third-order valence-corrected chi connectivity index (χ3v) is 6.23. The fourth-order valence-corrected chi connectivity index (χ4v) is 4.01. The Morgan fingerprint density at radius 1 is 1.06 bits per heavy atom. The van der Waals surface area contributed by atoms with Crippen molar-refractivity contribution in [2.75, 3.05) is 5.32 Å². The molecule has 0 saturated carbocycles. The van der Waals surface area contributed by atoms with Crippen LogP contribution >= 0.6 is 23.2 Å². The molecule has 0 atom stereocenters. The molecular formula is C27H22Cl2N4O3. The van der Waals surface area contributed by atoms with Crippen LogP contribution in [-0.2, 0) is 24.8 Å². The molecule has 0 spiro atoms. The Balaban J connectivity index is 1.53. The van der Waals surface area contributed by atoms with E-state index in [1.54, 1.807) is 18.2 Å². The van der Waals surface area contributed by atoms with Gasteiger partial charge < -0.3 is 5.32 Å². The van der Waals surface area contributed by atoms with Crippen molar-refractivity contribution in [3.8, 4) is 11.8 Å². The van der Waals surface area contributed by atoms with Crippen LogP contribution in [0.3, 0.4) is 0 Å². The van der Waals surface area contributed by atoms with Gasteiger partial charge >= 0.3 is 5.69 Å². The van der Waals surface area contributed by atoms with Gasteiger partial charge in [-0.3, -0.25) is 18.7 Å². The number of rotatable bonds is 5. The first-order valence-corrected chi connectivity index (χ1v) is 11.9. The van der Waals surface area contributed by atoms with Gasteiger partial charge in [0, 0.05) is 24.4 Å². The number of aryl methyl sites for hydroxylation is 2. The van der Waals surface area contributed by atoms with E-state index in [0.717, 1.165) is 31.2 Å². The predicted octanol–water partition coefficient (Wildman–Crippen LogP) is 4.33. The van der Waals surface area contributed by atoms with Crippen molar-refractivity contribution >= 4 is 45.7 Å². The van der Waals surface area contributed by atoms with Gasteiger partial charge in [-0.1, -0.05) is 64.9 Å².